The first-order valence-corrected chi connectivity index (χ1v) is 8.43. The molecule has 0 aliphatic heterocycles. The lowest BCUT2D eigenvalue weighted by atomic mass is 9.96. The van der Waals surface area contributed by atoms with E-state index in [0.717, 1.165) is 23.1 Å². The third-order valence-electron chi connectivity index (χ3n) is 3.43. The van der Waals surface area contributed by atoms with E-state index in [9.17, 15) is 10.2 Å². The fourth-order valence-corrected chi connectivity index (χ4v) is 3.22. The molecule has 0 amide bonds. The van der Waals surface area contributed by atoms with E-state index in [0.29, 0.717) is 10.8 Å². The fourth-order valence-electron chi connectivity index (χ4n) is 1.90. The van der Waals surface area contributed by atoms with Gasteiger partial charge in [-0.05, 0) is 19.1 Å². The Morgan fingerprint density at radius 3 is 2.59 bits per heavy atom. The van der Waals surface area contributed by atoms with Crippen molar-refractivity contribution < 1.29 is 10.2 Å². The van der Waals surface area contributed by atoms with Gasteiger partial charge in [0.15, 0.2) is 11.0 Å². The van der Waals surface area contributed by atoms with Crippen molar-refractivity contribution in [1.82, 2.24) is 14.8 Å². The second-order valence-corrected chi connectivity index (χ2v) is 6.86. The topological polar surface area (TPSA) is 71.2 Å². The van der Waals surface area contributed by atoms with Crippen LogP contribution in [-0.4, -0.2) is 43.9 Å². The van der Waals surface area contributed by atoms with Crippen LogP contribution >= 0.6 is 23.4 Å². The molecule has 0 spiro atoms. The van der Waals surface area contributed by atoms with E-state index in [2.05, 4.69) is 10.2 Å². The molecule has 5 nitrogen and oxygen atoms in total. The second-order valence-electron chi connectivity index (χ2n) is 5.48. The Kier molecular flexibility index (Phi) is 5.86. The molecule has 0 aliphatic rings. The Hall–Kier alpha value is -1.08. The maximum absolute atomic E-state index is 9.37. The Morgan fingerprint density at radius 1 is 1.27 bits per heavy atom. The summed E-state index contributed by atoms with van der Waals surface area (Å²) in [5.41, 5.74) is 0.381. The third-order valence-corrected chi connectivity index (χ3v) is 5.07. The summed E-state index contributed by atoms with van der Waals surface area (Å²) < 4.78 is 2.01. The number of nitrogens with zero attached hydrogens (tertiary/aromatic N) is 3. The van der Waals surface area contributed by atoms with Gasteiger partial charge in [-0.25, -0.2) is 0 Å². The predicted octanol–water partition coefficient (Wildman–Crippen LogP) is 2.70. The highest BCUT2D eigenvalue weighted by Crippen LogP contribution is 2.29. The van der Waals surface area contributed by atoms with E-state index in [4.69, 9.17) is 11.6 Å². The number of aliphatic hydroxyl groups is 2. The lowest BCUT2D eigenvalue weighted by Crippen LogP contribution is -2.28. The van der Waals surface area contributed by atoms with Gasteiger partial charge in [0.05, 0.1) is 13.2 Å². The summed E-state index contributed by atoms with van der Waals surface area (Å²) in [6.45, 7) is 4.45. The lowest BCUT2D eigenvalue weighted by Gasteiger charge is -2.23. The molecule has 2 aromatic rings. The summed E-state index contributed by atoms with van der Waals surface area (Å²) in [6, 6.07) is 7.51. The Labute approximate surface area is 139 Å². The first kappa shape index (κ1) is 17.3. The highest BCUT2D eigenvalue weighted by atomic mass is 35.5. The van der Waals surface area contributed by atoms with Crippen LogP contribution in [0.15, 0.2) is 29.4 Å². The average molecular weight is 342 g/mol. The van der Waals surface area contributed by atoms with Crippen molar-refractivity contribution in [2.24, 2.45) is 5.41 Å². The first-order valence-electron chi connectivity index (χ1n) is 7.06. The van der Waals surface area contributed by atoms with E-state index in [-0.39, 0.29) is 13.2 Å². The molecule has 1 heterocycles. The van der Waals surface area contributed by atoms with E-state index in [1.807, 2.05) is 42.7 Å². The van der Waals surface area contributed by atoms with Crippen LogP contribution in [0.4, 0.5) is 0 Å². The largest absolute Gasteiger partial charge is 0.396 e. The molecule has 0 aliphatic carbocycles. The van der Waals surface area contributed by atoms with Gasteiger partial charge < -0.3 is 14.8 Å². The Balaban J connectivity index is 2.25. The highest BCUT2D eigenvalue weighted by molar-refractivity contribution is 7.99. The summed E-state index contributed by atoms with van der Waals surface area (Å²) in [4.78, 5) is 0. The standard InChI is InChI=1S/C15H20ClN3O2S/c1-3-19-13(11-5-4-6-12(16)7-11)17-18-14(19)22-10-15(2,8-20)9-21/h4-7,20-21H,3,8-10H2,1-2H3. The molecule has 0 saturated carbocycles. The molecule has 0 unspecified atom stereocenters. The van der Waals surface area contributed by atoms with E-state index in [1.54, 1.807) is 0 Å². The summed E-state index contributed by atoms with van der Waals surface area (Å²) in [5.74, 6) is 1.33. The predicted molar refractivity (Wildman–Crippen MR) is 89.1 cm³/mol. The number of hydrogen-bond donors (Lipinski definition) is 2. The van der Waals surface area contributed by atoms with Gasteiger partial charge in [-0.15, -0.1) is 10.2 Å². The van der Waals surface area contributed by atoms with Crippen molar-refractivity contribution in [3.63, 3.8) is 0 Å². The molecule has 0 radical (unpaired) electrons. The van der Waals surface area contributed by atoms with Gasteiger partial charge in [0.1, 0.15) is 0 Å². The van der Waals surface area contributed by atoms with Crippen molar-refractivity contribution in [1.29, 1.82) is 0 Å². The van der Waals surface area contributed by atoms with E-state index >= 15 is 0 Å². The van der Waals surface area contributed by atoms with Crippen molar-refractivity contribution in [2.75, 3.05) is 19.0 Å². The molecule has 0 saturated heterocycles. The average Bonchev–Trinajstić information content (AvgIpc) is 2.95. The van der Waals surface area contributed by atoms with Crippen LogP contribution in [0.1, 0.15) is 13.8 Å². The van der Waals surface area contributed by atoms with E-state index < -0.39 is 5.41 Å². The first-order chi connectivity index (χ1) is 10.5. The molecule has 7 heteroatoms. The zero-order valence-electron chi connectivity index (χ0n) is 12.7. The summed E-state index contributed by atoms with van der Waals surface area (Å²) in [6.07, 6.45) is 0. The highest BCUT2D eigenvalue weighted by Gasteiger charge is 2.24. The summed E-state index contributed by atoms with van der Waals surface area (Å²) in [5, 5.41) is 28.7. The number of benzene rings is 1. The maximum Gasteiger partial charge on any atom is 0.191 e. The van der Waals surface area contributed by atoms with Crippen molar-refractivity contribution >= 4 is 23.4 Å². The van der Waals surface area contributed by atoms with E-state index in [1.165, 1.54) is 11.8 Å². The molecule has 0 bridgehead atoms. The zero-order valence-corrected chi connectivity index (χ0v) is 14.2. The maximum atomic E-state index is 9.37. The van der Waals surface area contributed by atoms with Gasteiger partial charge >= 0.3 is 0 Å². The minimum absolute atomic E-state index is 0.0715. The number of rotatable bonds is 7. The zero-order chi connectivity index (χ0) is 16.2. The number of hydrogen-bond acceptors (Lipinski definition) is 5. The van der Waals surface area contributed by atoms with Gasteiger partial charge in [0, 0.05) is 28.3 Å². The molecule has 0 atom stereocenters. The van der Waals surface area contributed by atoms with Gasteiger partial charge in [-0.1, -0.05) is 42.4 Å². The van der Waals surface area contributed by atoms with Gasteiger partial charge in [-0.2, -0.15) is 0 Å². The van der Waals surface area contributed by atoms with Crippen molar-refractivity contribution in [3.05, 3.63) is 29.3 Å². The van der Waals surface area contributed by atoms with Crippen LogP contribution in [0.5, 0.6) is 0 Å². The molecule has 22 heavy (non-hydrogen) atoms. The molecular weight excluding hydrogens is 322 g/mol. The summed E-state index contributed by atoms with van der Waals surface area (Å²) in [7, 11) is 0. The van der Waals surface area contributed by atoms with Crippen LogP contribution in [0.2, 0.25) is 5.02 Å². The minimum Gasteiger partial charge on any atom is -0.396 e. The number of aliphatic hydroxyl groups excluding tert-OH is 2. The molecule has 1 aromatic heterocycles. The van der Waals surface area contributed by atoms with Gasteiger partial charge in [0.2, 0.25) is 0 Å². The molecule has 1 aromatic carbocycles. The Morgan fingerprint density at radius 2 is 2.00 bits per heavy atom. The van der Waals surface area contributed by atoms with Crippen molar-refractivity contribution in [3.8, 4) is 11.4 Å². The molecule has 0 fully saturated rings. The number of halogens is 1. The normalized spacial score (nSPS) is 11.9. The quantitative estimate of drug-likeness (QED) is 0.758. The monoisotopic (exact) mass is 341 g/mol. The molecule has 2 rings (SSSR count). The van der Waals surface area contributed by atoms with Crippen LogP contribution in [-0.2, 0) is 6.54 Å². The second kappa shape index (κ2) is 7.46. The lowest BCUT2D eigenvalue weighted by molar-refractivity contribution is 0.0894. The van der Waals surface area contributed by atoms with Crippen molar-refractivity contribution in [2.45, 2.75) is 25.5 Å². The molecule has 120 valence electrons. The van der Waals surface area contributed by atoms with Gasteiger partial charge in [-0.3, -0.25) is 0 Å². The van der Waals surface area contributed by atoms with Crippen LogP contribution in [0, 0.1) is 5.41 Å². The number of thioether (sulfide) groups is 1. The molecule has 2 N–H and O–H groups in total. The Bertz CT molecular complexity index is 629. The van der Waals surface area contributed by atoms with Gasteiger partial charge in [0.25, 0.3) is 0 Å². The third kappa shape index (κ3) is 3.81. The summed E-state index contributed by atoms with van der Waals surface area (Å²) >= 11 is 7.52. The van der Waals surface area contributed by atoms with Crippen LogP contribution in [0.3, 0.4) is 0 Å². The number of aromatic nitrogens is 3. The SMILES string of the molecule is CCn1c(SCC(C)(CO)CO)nnc1-c1cccc(Cl)c1. The van der Waals surface area contributed by atoms with Crippen LogP contribution < -0.4 is 0 Å². The molecular formula is C15H20ClN3O2S. The fraction of sp³-hybridized carbons (Fsp3) is 0.467. The minimum atomic E-state index is -0.536. The smallest absolute Gasteiger partial charge is 0.191 e. The van der Waals surface area contributed by atoms with Crippen LogP contribution in [0.25, 0.3) is 11.4 Å².